The molecule has 7 heteroatoms. The fourth-order valence-corrected chi connectivity index (χ4v) is 4.19. The van der Waals surface area contributed by atoms with Crippen LogP contribution in [-0.4, -0.2) is 41.8 Å². The van der Waals surface area contributed by atoms with Crippen LogP contribution in [-0.2, 0) is 14.3 Å². The van der Waals surface area contributed by atoms with Crippen molar-refractivity contribution >= 4 is 18.0 Å². The zero-order chi connectivity index (χ0) is 24.0. The van der Waals surface area contributed by atoms with Crippen molar-refractivity contribution in [3.8, 4) is 11.1 Å². The maximum absolute atomic E-state index is 12.8. The molecule has 0 aromatic heterocycles. The Kier molecular flexibility index (Phi) is 7.53. The van der Waals surface area contributed by atoms with Gasteiger partial charge in [-0.3, -0.25) is 4.79 Å². The number of alkyl carbamates (subject to hydrolysis) is 1. The fourth-order valence-electron chi connectivity index (χ4n) is 4.19. The molecule has 1 aliphatic rings. The summed E-state index contributed by atoms with van der Waals surface area (Å²) in [7, 11) is 0. The van der Waals surface area contributed by atoms with Crippen molar-refractivity contribution in [1.29, 1.82) is 0 Å². The van der Waals surface area contributed by atoms with Crippen molar-refractivity contribution in [2.75, 3.05) is 13.2 Å². The summed E-state index contributed by atoms with van der Waals surface area (Å²) in [5.41, 5.74) is 3.50. The summed E-state index contributed by atoms with van der Waals surface area (Å²) in [5, 5.41) is 14.4. The van der Waals surface area contributed by atoms with Gasteiger partial charge in [-0.25, -0.2) is 9.59 Å². The molecule has 0 aliphatic heterocycles. The van der Waals surface area contributed by atoms with Crippen LogP contribution < -0.4 is 10.6 Å². The average Bonchev–Trinajstić information content (AvgIpc) is 3.14. The molecule has 0 saturated heterocycles. The Morgan fingerprint density at radius 2 is 1.55 bits per heavy atom. The van der Waals surface area contributed by atoms with E-state index in [1.165, 1.54) is 13.0 Å². The van der Waals surface area contributed by atoms with Gasteiger partial charge in [-0.2, -0.15) is 0 Å². The van der Waals surface area contributed by atoms with Crippen LogP contribution in [0.25, 0.3) is 11.1 Å². The first-order chi connectivity index (χ1) is 15.8. The standard InChI is InChI=1S/C26H30N2O5/c1-4-26(5-2,24(31)27-15-14-17(3)23(29)30)28-25(32)33-16-22-20-12-8-6-10-18(20)19-11-7-9-13-21(19)22/h6-14,22H,4-5,15-16H2,1-3H3,(H,27,31)(H,28,32)(H,29,30)/b17-14+. The van der Waals surface area contributed by atoms with Crippen LogP contribution in [0, 0.1) is 0 Å². The molecular formula is C26H30N2O5. The molecule has 2 aromatic rings. The third kappa shape index (κ3) is 5.08. The number of rotatable bonds is 9. The summed E-state index contributed by atoms with van der Waals surface area (Å²) in [6.07, 6.45) is 1.49. The predicted octanol–water partition coefficient (Wildman–Crippen LogP) is 4.23. The van der Waals surface area contributed by atoms with Crippen molar-refractivity contribution in [2.24, 2.45) is 0 Å². The van der Waals surface area contributed by atoms with Gasteiger partial charge < -0.3 is 20.5 Å². The van der Waals surface area contributed by atoms with Crippen LogP contribution in [0.5, 0.6) is 0 Å². The molecule has 3 N–H and O–H groups in total. The third-order valence-corrected chi connectivity index (χ3v) is 6.33. The Hall–Kier alpha value is -3.61. The average molecular weight is 451 g/mol. The van der Waals surface area contributed by atoms with Crippen molar-refractivity contribution in [3.63, 3.8) is 0 Å². The molecule has 0 unspecified atom stereocenters. The monoisotopic (exact) mass is 450 g/mol. The minimum absolute atomic E-state index is 0.0606. The Morgan fingerprint density at radius 3 is 2.06 bits per heavy atom. The number of aliphatic carboxylic acids is 1. The largest absolute Gasteiger partial charge is 0.478 e. The van der Waals surface area contributed by atoms with Gasteiger partial charge in [0.15, 0.2) is 0 Å². The van der Waals surface area contributed by atoms with E-state index in [0.717, 1.165) is 22.3 Å². The number of carboxylic acids is 1. The van der Waals surface area contributed by atoms with Crippen LogP contribution in [0.15, 0.2) is 60.2 Å². The van der Waals surface area contributed by atoms with Gasteiger partial charge in [-0.15, -0.1) is 0 Å². The Morgan fingerprint density at radius 1 is 1.00 bits per heavy atom. The minimum Gasteiger partial charge on any atom is -0.478 e. The van der Waals surface area contributed by atoms with Crippen LogP contribution >= 0.6 is 0 Å². The van der Waals surface area contributed by atoms with Gasteiger partial charge in [0, 0.05) is 18.0 Å². The molecule has 0 fully saturated rings. The zero-order valence-electron chi connectivity index (χ0n) is 19.2. The number of ether oxygens (including phenoxy) is 1. The second-order valence-corrected chi connectivity index (χ2v) is 8.14. The van der Waals surface area contributed by atoms with Gasteiger partial charge in [0.25, 0.3) is 0 Å². The topological polar surface area (TPSA) is 105 Å². The number of fused-ring (bicyclic) bond motifs is 3. The molecule has 0 bridgehead atoms. The summed E-state index contributed by atoms with van der Waals surface area (Å²) < 4.78 is 5.60. The zero-order valence-corrected chi connectivity index (χ0v) is 19.2. The van der Waals surface area contributed by atoms with Gasteiger partial charge >= 0.3 is 12.1 Å². The Bertz CT molecular complexity index is 1030. The van der Waals surface area contributed by atoms with Crippen LogP contribution in [0.4, 0.5) is 4.79 Å². The fraction of sp³-hybridized carbons (Fsp3) is 0.346. The summed E-state index contributed by atoms with van der Waals surface area (Å²) in [4.78, 5) is 36.5. The maximum atomic E-state index is 12.8. The molecule has 0 atom stereocenters. The molecule has 0 saturated carbocycles. The highest BCUT2D eigenvalue weighted by molar-refractivity contribution is 5.90. The lowest BCUT2D eigenvalue weighted by Crippen LogP contribution is -2.58. The van der Waals surface area contributed by atoms with Crippen LogP contribution in [0.1, 0.15) is 50.7 Å². The number of hydrogen-bond donors (Lipinski definition) is 3. The van der Waals surface area contributed by atoms with Gasteiger partial charge in [0.2, 0.25) is 5.91 Å². The summed E-state index contributed by atoms with van der Waals surface area (Å²) >= 11 is 0. The lowest BCUT2D eigenvalue weighted by atomic mass is 9.91. The van der Waals surface area contributed by atoms with Crippen molar-refractivity contribution in [1.82, 2.24) is 10.6 Å². The minimum atomic E-state index is -1.15. The lowest BCUT2D eigenvalue weighted by molar-refractivity contribution is -0.132. The Balaban J connectivity index is 1.66. The van der Waals surface area contributed by atoms with E-state index in [2.05, 4.69) is 22.8 Å². The molecule has 2 amide bonds. The number of carbonyl (C=O) groups excluding carboxylic acids is 2. The molecule has 0 heterocycles. The van der Waals surface area contributed by atoms with Crippen molar-refractivity contribution in [2.45, 2.75) is 45.1 Å². The van der Waals surface area contributed by atoms with E-state index in [4.69, 9.17) is 9.84 Å². The van der Waals surface area contributed by atoms with Crippen molar-refractivity contribution < 1.29 is 24.2 Å². The molecule has 2 aromatic carbocycles. The van der Waals surface area contributed by atoms with E-state index in [1.54, 1.807) is 0 Å². The van der Waals surface area contributed by atoms with Crippen LogP contribution in [0.2, 0.25) is 0 Å². The molecule has 3 rings (SSSR count). The highest BCUT2D eigenvalue weighted by Crippen LogP contribution is 2.44. The van der Waals surface area contributed by atoms with E-state index in [1.807, 2.05) is 50.2 Å². The van der Waals surface area contributed by atoms with E-state index < -0.39 is 17.6 Å². The van der Waals surface area contributed by atoms with Crippen molar-refractivity contribution in [3.05, 3.63) is 71.3 Å². The maximum Gasteiger partial charge on any atom is 0.408 e. The highest BCUT2D eigenvalue weighted by Gasteiger charge is 2.37. The molecular weight excluding hydrogens is 420 g/mol. The first kappa shape index (κ1) is 24.0. The smallest absolute Gasteiger partial charge is 0.408 e. The molecule has 0 spiro atoms. The number of carboxylic acid groups (broad SMARTS) is 1. The summed E-state index contributed by atoms with van der Waals surface area (Å²) in [6.45, 7) is 5.29. The van der Waals surface area contributed by atoms with Crippen LogP contribution in [0.3, 0.4) is 0 Å². The number of hydrogen-bond acceptors (Lipinski definition) is 4. The third-order valence-electron chi connectivity index (χ3n) is 6.33. The quantitative estimate of drug-likeness (QED) is 0.496. The predicted molar refractivity (Wildman–Crippen MR) is 126 cm³/mol. The molecule has 0 radical (unpaired) electrons. The second-order valence-electron chi connectivity index (χ2n) is 8.14. The van der Waals surface area contributed by atoms with E-state index in [0.29, 0.717) is 12.8 Å². The number of benzene rings is 2. The molecule has 33 heavy (non-hydrogen) atoms. The molecule has 7 nitrogen and oxygen atoms in total. The lowest BCUT2D eigenvalue weighted by Gasteiger charge is -2.31. The number of amides is 2. The second kappa shape index (κ2) is 10.3. The summed E-state index contributed by atoms with van der Waals surface area (Å²) in [5.74, 6) is -1.49. The molecule has 174 valence electrons. The van der Waals surface area contributed by atoms with Gasteiger partial charge in [0.1, 0.15) is 12.1 Å². The Labute approximate surface area is 193 Å². The van der Waals surface area contributed by atoms with E-state index in [-0.39, 0.29) is 30.5 Å². The SMILES string of the molecule is CCC(CC)(NC(=O)OCC1c2ccccc2-c2ccccc21)C(=O)NC/C=C(\C)C(=O)O. The first-order valence-corrected chi connectivity index (χ1v) is 11.1. The normalized spacial score (nSPS) is 13.1. The molecule has 1 aliphatic carbocycles. The number of carbonyl (C=O) groups is 3. The summed E-state index contributed by atoms with van der Waals surface area (Å²) in [6, 6.07) is 16.2. The van der Waals surface area contributed by atoms with Gasteiger partial charge in [-0.1, -0.05) is 68.5 Å². The van der Waals surface area contributed by atoms with E-state index >= 15 is 0 Å². The first-order valence-electron chi connectivity index (χ1n) is 11.1. The van der Waals surface area contributed by atoms with Gasteiger partial charge in [0.05, 0.1) is 0 Å². The van der Waals surface area contributed by atoms with Gasteiger partial charge in [-0.05, 0) is 42.0 Å². The number of nitrogens with one attached hydrogen (secondary N) is 2. The van der Waals surface area contributed by atoms with E-state index in [9.17, 15) is 14.4 Å². The highest BCUT2D eigenvalue weighted by atomic mass is 16.5.